The van der Waals surface area contributed by atoms with E-state index in [9.17, 15) is 14.4 Å². The minimum absolute atomic E-state index is 0.0986. The third kappa shape index (κ3) is 53.2. The topological polar surface area (TPSA) is 78.9 Å². The fraction of sp³-hybridized carbons (Fsp3) is 0.689. The second-order valence-electron chi connectivity index (χ2n) is 18.1. The average molecular weight is 931 g/mol. The number of carbonyl (C=O) groups is 3. The third-order valence-corrected chi connectivity index (χ3v) is 11.6. The van der Waals surface area contributed by atoms with Gasteiger partial charge in [-0.05, 0) is 116 Å². The Balaban J connectivity index is 4.44. The zero-order chi connectivity index (χ0) is 48.6. The monoisotopic (exact) mass is 931 g/mol. The fourth-order valence-corrected chi connectivity index (χ4v) is 7.44. The highest BCUT2D eigenvalue weighted by atomic mass is 16.6. The summed E-state index contributed by atoms with van der Waals surface area (Å²) in [6.45, 7) is 6.36. The van der Waals surface area contributed by atoms with E-state index in [2.05, 4.69) is 118 Å². The molecule has 0 aromatic heterocycles. The molecule has 0 N–H and O–H groups in total. The Morgan fingerprint density at radius 3 is 0.940 bits per heavy atom. The summed E-state index contributed by atoms with van der Waals surface area (Å²) < 4.78 is 16.8. The largest absolute Gasteiger partial charge is 0.462 e. The van der Waals surface area contributed by atoms with E-state index in [1.165, 1.54) is 89.9 Å². The fourth-order valence-electron chi connectivity index (χ4n) is 7.44. The minimum Gasteiger partial charge on any atom is -0.462 e. The van der Waals surface area contributed by atoms with Crippen molar-refractivity contribution in [3.05, 3.63) is 97.2 Å². The summed E-state index contributed by atoms with van der Waals surface area (Å²) in [6, 6.07) is 0. The molecule has 382 valence electrons. The Labute approximate surface area is 413 Å². The van der Waals surface area contributed by atoms with Gasteiger partial charge in [-0.2, -0.15) is 0 Å². The van der Waals surface area contributed by atoms with Crippen LogP contribution < -0.4 is 0 Å². The Bertz CT molecular complexity index is 1350. The van der Waals surface area contributed by atoms with Crippen LogP contribution in [0.25, 0.3) is 0 Å². The van der Waals surface area contributed by atoms with Crippen LogP contribution in [-0.4, -0.2) is 37.2 Å². The van der Waals surface area contributed by atoms with Crippen LogP contribution in [0, 0.1) is 0 Å². The number of hydrogen-bond acceptors (Lipinski definition) is 6. The molecule has 0 aliphatic rings. The van der Waals surface area contributed by atoms with Gasteiger partial charge in [-0.1, -0.05) is 214 Å². The van der Waals surface area contributed by atoms with Crippen LogP contribution in [-0.2, 0) is 28.6 Å². The molecule has 0 rings (SSSR count). The molecule has 1 unspecified atom stereocenters. The molecule has 67 heavy (non-hydrogen) atoms. The van der Waals surface area contributed by atoms with Crippen LogP contribution in [0.3, 0.4) is 0 Å². The first-order valence-corrected chi connectivity index (χ1v) is 27.7. The summed E-state index contributed by atoms with van der Waals surface area (Å²) >= 11 is 0. The van der Waals surface area contributed by atoms with Crippen LogP contribution >= 0.6 is 0 Å². The zero-order valence-electron chi connectivity index (χ0n) is 43.6. The van der Waals surface area contributed by atoms with Gasteiger partial charge < -0.3 is 14.2 Å². The lowest BCUT2D eigenvalue weighted by molar-refractivity contribution is -0.167. The highest BCUT2D eigenvalue weighted by molar-refractivity contribution is 5.71. The van der Waals surface area contributed by atoms with Crippen LogP contribution in [0.15, 0.2) is 97.2 Å². The summed E-state index contributed by atoms with van der Waals surface area (Å²) in [6.07, 6.45) is 72.5. The van der Waals surface area contributed by atoms with E-state index in [4.69, 9.17) is 14.2 Å². The lowest BCUT2D eigenvalue weighted by Crippen LogP contribution is -2.30. The van der Waals surface area contributed by atoms with Crippen molar-refractivity contribution in [3.8, 4) is 0 Å². The molecule has 0 saturated heterocycles. The van der Waals surface area contributed by atoms with Gasteiger partial charge >= 0.3 is 17.9 Å². The quantitative estimate of drug-likeness (QED) is 0.0262. The number of unbranched alkanes of at least 4 members (excludes halogenated alkanes) is 22. The molecule has 0 heterocycles. The Morgan fingerprint density at radius 2 is 0.582 bits per heavy atom. The number of allylic oxidation sites excluding steroid dienone is 16. The van der Waals surface area contributed by atoms with Gasteiger partial charge in [0, 0.05) is 19.3 Å². The maximum absolute atomic E-state index is 12.8. The number of hydrogen-bond donors (Lipinski definition) is 0. The summed E-state index contributed by atoms with van der Waals surface area (Å²) in [5.74, 6) is -0.955. The highest BCUT2D eigenvalue weighted by Crippen LogP contribution is 2.14. The molecule has 0 spiro atoms. The van der Waals surface area contributed by atoms with Gasteiger partial charge in [-0.15, -0.1) is 0 Å². The molecule has 1 atom stereocenters. The van der Waals surface area contributed by atoms with E-state index < -0.39 is 6.10 Å². The molecule has 0 aliphatic heterocycles. The van der Waals surface area contributed by atoms with E-state index in [1.54, 1.807) is 0 Å². The summed E-state index contributed by atoms with van der Waals surface area (Å²) in [7, 11) is 0. The van der Waals surface area contributed by atoms with Crippen molar-refractivity contribution in [3.63, 3.8) is 0 Å². The predicted molar refractivity (Wildman–Crippen MR) is 288 cm³/mol. The van der Waals surface area contributed by atoms with Crippen LogP contribution in [0.4, 0.5) is 0 Å². The van der Waals surface area contributed by atoms with Crippen molar-refractivity contribution in [2.75, 3.05) is 13.2 Å². The number of carbonyl (C=O) groups excluding carboxylic acids is 3. The smallest absolute Gasteiger partial charge is 0.306 e. The molecule has 0 aromatic rings. The maximum atomic E-state index is 12.8. The molecule has 0 bridgehead atoms. The van der Waals surface area contributed by atoms with Gasteiger partial charge in [0.2, 0.25) is 0 Å². The molecule has 6 nitrogen and oxygen atoms in total. The van der Waals surface area contributed by atoms with Crippen molar-refractivity contribution >= 4 is 17.9 Å². The zero-order valence-corrected chi connectivity index (χ0v) is 43.6. The average Bonchev–Trinajstić information content (AvgIpc) is 3.33. The lowest BCUT2D eigenvalue weighted by atomic mass is 10.1. The standard InChI is InChI=1S/C61H102O6/c1-4-7-10-13-16-19-22-25-27-29-30-32-33-36-39-42-45-48-51-54-60(63)66-57-58(56-65-59(62)53-50-47-44-41-38-35-24-21-18-15-12-9-6-3)67-61(64)55-52-49-46-43-40-37-34-31-28-26-23-20-17-14-11-8-5-2/h8-9,11-12,17-18,20-21,25-28,34-35,37-38,58H,4-7,10,13-16,19,22-24,29-33,36,39-57H2,1-3H3/b11-8-,12-9-,20-17-,21-18-,27-25-,28-26-,37-34-,38-35-. The summed E-state index contributed by atoms with van der Waals surface area (Å²) in [5, 5.41) is 0. The van der Waals surface area contributed by atoms with Gasteiger partial charge in [0.15, 0.2) is 6.10 Å². The molecular formula is C61H102O6. The van der Waals surface area contributed by atoms with E-state index in [0.29, 0.717) is 19.3 Å². The summed E-state index contributed by atoms with van der Waals surface area (Å²) in [5.41, 5.74) is 0. The third-order valence-electron chi connectivity index (χ3n) is 11.6. The summed E-state index contributed by atoms with van der Waals surface area (Å²) in [4.78, 5) is 38.1. The van der Waals surface area contributed by atoms with E-state index in [0.717, 1.165) is 122 Å². The molecular weight excluding hydrogens is 829 g/mol. The normalized spacial score (nSPS) is 12.8. The molecule has 0 aromatic carbocycles. The van der Waals surface area contributed by atoms with Crippen molar-refractivity contribution in [1.29, 1.82) is 0 Å². The minimum atomic E-state index is -0.804. The molecule has 0 radical (unpaired) electrons. The SMILES string of the molecule is CC/C=C\C/C=C\C/C=C\C/C=C\CCCCCCC(=O)OC(COC(=O)CCCCC/C=C\C/C=C\C/C=C\CC)COC(=O)CCCCCCCCCCC/C=C\CCCCCCCC. The Kier molecular flexibility index (Phi) is 51.9. The van der Waals surface area contributed by atoms with Gasteiger partial charge in [-0.3, -0.25) is 14.4 Å². The van der Waals surface area contributed by atoms with E-state index >= 15 is 0 Å². The van der Waals surface area contributed by atoms with E-state index in [1.807, 2.05) is 0 Å². The molecule has 0 aliphatic carbocycles. The van der Waals surface area contributed by atoms with Gasteiger partial charge in [0.1, 0.15) is 13.2 Å². The van der Waals surface area contributed by atoms with E-state index in [-0.39, 0.29) is 31.1 Å². The molecule has 6 heteroatoms. The van der Waals surface area contributed by atoms with Gasteiger partial charge in [-0.25, -0.2) is 0 Å². The second-order valence-corrected chi connectivity index (χ2v) is 18.1. The Hall–Kier alpha value is -3.67. The Morgan fingerprint density at radius 1 is 0.313 bits per heavy atom. The van der Waals surface area contributed by atoms with Crippen molar-refractivity contribution < 1.29 is 28.6 Å². The maximum Gasteiger partial charge on any atom is 0.306 e. The first-order chi connectivity index (χ1) is 33.0. The molecule has 0 saturated carbocycles. The number of rotatable bonds is 49. The first-order valence-electron chi connectivity index (χ1n) is 27.7. The highest BCUT2D eigenvalue weighted by Gasteiger charge is 2.19. The van der Waals surface area contributed by atoms with Crippen LogP contribution in [0.1, 0.15) is 252 Å². The number of esters is 3. The first kappa shape index (κ1) is 63.3. The van der Waals surface area contributed by atoms with Crippen molar-refractivity contribution in [2.45, 2.75) is 258 Å². The molecule has 0 amide bonds. The lowest BCUT2D eigenvalue weighted by Gasteiger charge is -2.18. The molecule has 0 fully saturated rings. The second kappa shape index (κ2) is 54.9. The van der Waals surface area contributed by atoms with Crippen LogP contribution in [0.2, 0.25) is 0 Å². The van der Waals surface area contributed by atoms with Crippen molar-refractivity contribution in [2.24, 2.45) is 0 Å². The predicted octanol–water partition coefficient (Wildman–Crippen LogP) is 18.5. The number of ether oxygens (including phenoxy) is 3. The van der Waals surface area contributed by atoms with Crippen molar-refractivity contribution in [1.82, 2.24) is 0 Å². The van der Waals surface area contributed by atoms with Gasteiger partial charge in [0.25, 0.3) is 0 Å². The van der Waals surface area contributed by atoms with Gasteiger partial charge in [0.05, 0.1) is 0 Å². The van der Waals surface area contributed by atoms with Crippen LogP contribution in [0.5, 0.6) is 0 Å².